The fraction of sp³-hybridized carbons (Fsp3) is 0.611. The zero-order valence-electron chi connectivity index (χ0n) is 30.2. The Morgan fingerprint density at radius 2 is 1.82 bits per heavy atom. The first-order valence-corrected chi connectivity index (χ1v) is 18.3. The highest BCUT2D eigenvalue weighted by Gasteiger charge is 2.64. The number of likely N-dealkylation sites (tertiary alicyclic amines) is 1. The molecule has 268 valence electrons. The summed E-state index contributed by atoms with van der Waals surface area (Å²) in [4.78, 5) is 36.7. The van der Waals surface area contributed by atoms with Gasteiger partial charge in [-0.2, -0.15) is 5.43 Å². The monoisotopic (exact) mass is 713 g/mol. The van der Waals surface area contributed by atoms with Crippen LogP contribution in [0.2, 0.25) is 5.15 Å². The summed E-state index contributed by atoms with van der Waals surface area (Å²) in [7, 11) is 0. The largest absolute Gasteiger partial charge is 0.444 e. The molecule has 1 aliphatic carbocycles. The van der Waals surface area contributed by atoms with Crippen LogP contribution in [0.5, 0.6) is 0 Å². The number of nitrogens with zero attached hydrogens (tertiary/aromatic N) is 4. The number of pyridine rings is 2. The van der Waals surface area contributed by atoms with Crippen molar-refractivity contribution in [1.82, 2.24) is 25.0 Å². The summed E-state index contributed by atoms with van der Waals surface area (Å²) in [5, 5.41) is 5.86. The quantitative estimate of drug-likeness (QED) is 0.115. The molecule has 2 aromatic heterocycles. The van der Waals surface area contributed by atoms with Gasteiger partial charge in [0.15, 0.2) is 0 Å². The van der Waals surface area contributed by atoms with Crippen LogP contribution in [0.3, 0.4) is 0 Å². The Morgan fingerprint density at radius 1 is 1.08 bits per heavy atom. The van der Waals surface area contributed by atoms with Gasteiger partial charge < -0.3 is 19.7 Å². The van der Waals surface area contributed by atoms with E-state index >= 15 is 0 Å². The third kappa shape index (κ3) is 8.82. The normalized spacial score (nSPS) is 22.3. The summed E-state index contributed by atoms with van der Waals surface area (Å²) in [6.07, 6.45) is 6.15. The van der Waals surface area contributed by atoms with Gasteiger partial charge in [0.2, 0.25) is 0 Å². The average Bonchev–Trinajstić information content (AvgIpc) is 3.40. The molecule has 0 bridgehead atoms. The molecule has 2 amide bonds. The van der Waals surface area contributed by atoms with Crippen LogP contribution in [0.1, 0.15) is 91.9 Å². The summed E-state index contributed by atoms with van der Waals surface area (Å²) >= 11 is 7.58. The predicted octanol–water partition coefficient (Wildman–Crippen LogP) is 7.66. The van der Waals surface area contributed by atoms with Crippen molar-refractivity contribution < 1.29 is 19.1 Å². The summed E-state index contributed by atoms with van der Waals surface area (Å²) in [6, 6.07) is 9.02. The molecular weight excluding hydrogens is 662 g/mol. The third-order valence-corrected chi connectivity index (χ3v) is 11.4. The van der Waals surface area contributed by atoms with E-state index in [0.29, 0.717) is 35.8 Å². The molecule has 2 aromatic rings. The van der Waals surface area contributed by atoms with E-state index in [2.05, 4.69) is 67.0 Å². The number of halogens is 1. The van der Waals surface area contributed by atoms with E-state index in [-0.39, 0.29) is 45.3 Å². The minimum atomic E-state index is -0.511. The Morgan fingerprint density at radius 3 is 2.49 bits per heavy atom. The lowest BCUT2D eigenvalue weighted by Gasteiger charge is -2.33. The molecule has 3 aliphatic rings. The van der Waals surface area contributed by atoms with Crippen LogP contribution in [-0.2, 0) is 9.47 Å². The van der Waals surface area contributed by atoms with Gasteiger partial charge in [-0.05, 0) is 107 Å². The van der Waals surface area contributed by atoms with Gasteiger partial charge in [0.25, 0.3) is 5.91 Å². The number of aromatic nitrogens is 2. The average molecular weight is 714 g/mol. The van der Waals surface area contributed by atoms with Gasteiger partial charge in [-0.1, -0.05) is 45.4 Å². The van der Waals surface area contributed by atoms with Crippen molar-refractivity contribution in [2.45, 2.75) is 104 Å². The Kier molecular flexibility index (Phi) is 10.8. The topological polar surface area (TPSA) is 121 Å². The number of amides is 2. The van der Waals surface area contributed by atoms with Crippen LogP contribution >= 0.6 is 23.5 Å². The van der Waals surface area contributed by atoms with Crippen molar-refractivity contribution in [3.05, 3.63) is 53.3 Å². The number of carbonyl (C=O) groups is 2. The minimum Gasteiger partial charge on any atom is -0.444 e. The van der Waals surface area contributed by atoms with E-state index in [9.17, 15) is 9.59 Å². The molecule has 2 unspecified atom stereocenters. The first-order valence-electron chi connectivity index (χ1n) is 17.1. The number of nitrogens with one attached hydrogen (secondary N) is 3. The number of anilines is 2. The van der Waals surface area contributed by atoms with E-state index in [1.807, 2.05) is 56.1 Å². The molecular formula is C36H52ClN7O4S. The van der Waals surface area contributed by atoms with Crippen LogP contribution in [0.4, 0.5) is 16.4 Å². The second-order valence-corrected chi connectivity index (χ2v) is 17.2. The van der Waals surface area contributed by atoms with Gasteiger partial charge in [-0.3, -0.25) is 14.5 Å². The third-order valence-electron chi connectivity index (χ3n) is 10.4. The molecule has 2 atom stereocenters. The molecule has 3 N–H and O–H groups in total. The molecule has 4 heterocycles. The van der Waals surface area contributed by atoms with Gasteiger partial charge in [0, 0.05) is 36.8 Å². The van der Waals surface area contributed by atoms with E-state index in [1.54, 1.807) is 17.1 Å². The Hall–Kier alpha value is -3.06. The van der Waals surface area contributed by atoms with Crippen molar-refractivity contribution in [2.75, 3.05) is 30.0 Å². The maximum atomic E-state index is 13.0. The number of hydrazine groups is 1. The van der Waals surface area contributed by atoms with E-state index in [4.69, 9.17) is 21.1 Å². The maximum Gasteiger partial charge on any atom is 0.410 e. The highest BCUT2D eigenvalue weighted by Crippen LogP contribution is 2.68. The molecule has 0 radical (unpaired) electrons. The predicted molar refractivity (Wildman–Crippen MR) is 195 cm³/mol. The zero-order valence-corrected chi connectivity index (χ0v) is 31.8. The summed E-state index contributed by atoms with van der Waals surface area (Å²) in [5.74, 6) is 1.83. The molecule has 0 aromatic carbocycles. The zero-order chi connectivity index (χ0) is 35.8. The van der Waals surface area contributed by atoms with Gasteiger partial charge in [0.05, 0.1) is 12.2 Å². The van der Waals surface area contributed by atoms with E-state index in [0.717, 1.165) is 43.6 Å². The van der Waals surface area contributed by atoms with Crippen molar-refractivity contribution in [3.63, 3.8) is 0 Å². The SMILES string of the molecule is CC(C)(C)OC(=O)N1CC(CCCNc2cccc(SNC(=O)c3ccc(N4C=CC(OCC5C(C)(C)C5(C)C)N4)nc3Cl)n2)CC1(C)C. The number of hydrogen-bond acceptors (Lipinski definition) is 10. The molecule has 0 spiro atoms. The fourth-order valence-corrected chi connectivity index (χ4v) is 7.68. The molecule has 2 aliphatic heterocycles. The Bertz CT molecular complexity index is 1550. The van der Waals surface area contributed by atoms with Crippen LogP contribution < -0.4 is 20.5 Å². The van der Waals surface area contributed by atoms with Crippen LogP contribution in [0.15, 0.2) is 47.6 Å². The Labute approximate surface area is 300 Å². The Balaban J connectivity index is 1.04. The molecule has 13 heteroatoms. The van der Waals surface area contributed by atoms with E-state index in [1.165, 1.54) is 0 Å². The van der Waals surface area contributed by atoms with E-state index < -0.39 is 5.60 Å². The maximum absolute atomic E-state index is 13.0. The molecule has 2 fully saturated rings. The number of hydrogen-bond donors (Lipinski definition) is 3. The smallest absolute Gasteiger partial charge is 0.410 e. The van der Waals surface area contributed by atoms with Gasteiger partial charge in [-0.15, -0.1) is 0 Å². The van der Waals surface area contributed by atoms with Crippen molar-refractivity contribution >= 4 is 47.2 Å². The lowest BCUT2D eigenvalue weighted by atomic mass is 9.93. The summed E-state index contributed by atoms with van der Waals surface area (Å²) in [5.41, 5.74) is 3.31. The van der Waals surface area contributed by atoms with Crippen molar-refractivity contribution in [1.29, 1.82) is 0 Å². The fourth-order valence-electron chi connectivity index (χ4n) is 6.85. The van der Waals surface area contributed by atoms with Crippen LogP contribution in [0.25, 0.3) is 0 Å². The van der Waals surface area contributed by atoms with Gasteiger partial charge in [-0.25, -0.2) is 14.8 Å². The second kappa shape index (κ2) is 14.3. The first-order chi connectivity index (χ1) is 22.9. The van der Waals surface area contributed by atoms with Crippen LogP contribution in [0, 0.1) is 22.7 Å². The molecule has 1 saturated heterocycles. The highest BCUT2D eigenvalue weighted by atomic mass is 35.5. The summed E-state index contributed by atoms with van der Waals surface area (Å²) < 4.78 is 14.6. The highest BCUT2D eigenvalue weighted by molar-refractivity contribution is 7.97. The number of rotatable bonds is 12. The van der Waals surface area contributed by atoms with Gasteiger partial charge >= 0.3 is 6.09 Å². The number of carbonyl (C=O) groups excluding carboxylic acids is 2. The summed E-state index contributed by atoms with van der Waals surface area (Å²) in [6.45, 7) is 21.1. The second-order valence-electron chi connectivity index (χ2n) is 16.0. The lowest BCUT2D eigenvalue weighted by Crippen LogP contribution is -2.45. The first kappa shape index (κ1) is 37.2. The molecule has 49 heavy (non-hydrogen) atoms. The number of ether oxygens (including phenoxy) is 2. The molecule has 11 nitrogen and oxygen atoms in total. The lowest BCUT2D eigenvalue weighted by molar-refractivity contribution is 0.0130. The van der Waals surface area contributed by atoms with Gasteiger partial charge in [0.1, 0.15) is 33.6 Å². The molecule has 1 saturated carbocycles. The van der Waals surface area contributed by atoms with Crippen LogP contribution in [-0.4, -0.2) is 63.9 Å². The minimum absolute atomic E-state index is 0.0971. The standard InChI is InChI=1S/C36H52ClN7O4S/c1-33(2,3)48-32(46)43-21-23(20-34(43,4)5)12-11-18-38-26-13-10-14-29(39-26)49-42-31(45)24-15-16-27(40-30(24)37)44-19-17-28(41-44)47-22-25-35(6,7)36(25,8)9/h10,13-17,19,23,25,28,41H,11-12,18,20-22H2,1-9H3,(H,38,39)(H,42,45). The molecule has 5 rings (SSSR count). The van der Waals surface area contributed by atoms with Crippen molar-refractivity contribution in [3.8, 4) is 0 Å². The van der Waals surface area contributed by atoms with Crippen molar-refractivity contribution in [2.24, 2.45) is 22.7 Å².